The van der Waals surface area contributed by atoms with Crippen LogP contribution in [0.2, 0.25) is 0 Å². The van der Waals surface area contributed by atoms with Crippen LogP contribution in [0.15, 0.2) is 91.7 Å². The Morgan fingerprint density at radius 2 is 1.24 bits per heavy atom. The van der Waals surface area contributed by atoms with E-state index < -0.39 is 0 Å². The third-order valence-corrected chi connectivity index (χ3v) is 22.9. The van der Waals surface area contributed by atoms with Crippen molar-refractivity contribution < 1.29 is 4.42 Å². The van der Waals surface area contributed by atoms with Crippen LogP contribution in [-0.2, 0) is 17.3 Å². The highest BCUT2D eigenvalue weighted by molar-refractivity contribution is 6.93. The quantitative estimate of drug-likeness (QED) is 0.286. The van der Waals surface area contributed by atoms with Crippen LogP contribution in [0.5, 0.6) is 0 Å². The van der Waals surface area contributed by atoms with E-state index in [0.29, 0.717) is 23.7 Å². The lowest BCUT2D eigenvalue weighted by atomic mass is 9.32. The van der Waals surface area contributed by atoms with Crippen molar-refractivity contribution in [2.24, 2.45) is 56.2 Å². The van der Waals surface area contributed by atoms with E-state index in [1.807, 2.05) is 0 Å². The van der Waals surface area contributed by atoms with Gasteiger partial charge in [0.15, 0.2) is 0 Å². The molecule has 1 aromatic carbocycles. The number of benzene rings is 1. The fourth-order valence-corrected chi connectivity index (χ4v) is 17.2. The maximum atomic E-state index is 7.91. The second-order valence-corrected chi connectivity index (χ2v) is 31.4. The molecule has 0 N–H and O–H groups in total. The topological polar surface area (TPSA) is 19.6 Å². The molecule has 3 heterocycles. The molecule has 0 amide bonds. The van der Waals surface area contributed by atoms with Crippen LogP contribution in [0.1, 0.15) is 218 Å². The Morgan fingerprint density at radius 3 is 1.90 bits per heavy atom. The second-order valence-electron chi connectivity index (χ2n) is 31.4. The third kappa shape index (κ3) is 6.99. The SMILES string of the molecule is CC1=CC2C(C=C1N1C3=C4B(c5cc6c(cc51)C(C)(C)CCC6(C)C)c1oc5c(c1N(C1C=CC6=C(C1)C(C)(C)CCC6(C)C)C4CC(C(C)C)=C3)CC1C(=C5)C(C)(C)CCC1(C)C)C(C)(C)CCC2(C)C. The van der Waals surface area contributed by atoms with Gasteiger partial charge in [-0.3, -0.25) is 0 Å². The van der Waals surface area contributed by atoms with Crippen molar-refractivity contribution in [1.29, 1.82) is 0 Å². The Hall–Kier alpha value is -3.66. The number of hydrogen-bond donors (Lipinski definition) is 0. The van der Waals surface area contributed by atoms with E-state index in [1.165, 1.54) is 96.4 Å². The molecule has 2 aliphatic heterocycles. The minimum Gasteiger partial charge on any atom is -0.468 e. The fourth-order valence-electron chi connectivity index (χ4n) is 17.2. The summed E-state index contributed by atoms with van der Waals surface area (Å²) >= 11 is 0. The van der Waals surface area contributed by atoms with Crippen molar-refractivity contribution in [2.45, 2.75) is 225 Å². The first-order chi connectivity index (χ1) is 33.4. The highest BCUT2D eigenvalue weighted by atomic mass is 16.3. The standard InChI is InChI=1S/C68H93BN2O/c1-39(2)41-31-55-58-56(32-41)71(53-36-49-45(30-40(53)3)62(6,7)24-27-66(49,14)15)54-37-50-48(65(12,13)26-28-67(50,16)17)35-52(54)69(58)60-59(43-34-47-51(38-57(43)72-60)68(18,19)29-25-64(47,10)11)70(55)42-20-21-44-46(33-42)63(8,9)23-22-61(44,4)5/h20-21,30,32,35-39,42,45,47,49,55H,22-29,31,33-34H2,1-19H3. The Kier molecular flexibility index (Phi) is 10.4. The van der Waals surface area contributed by atoms with E-state index in [2.05, 4.69) is 190 Å². The van der Waals surface area contributed by atoms with Gasteiger partial charge in [-0.2, -0.15) is 0 Å². The minimum atomic E-state index is 0.0318. The van der Waals surface area contributed by atoms with Crippen LogP contribution in [0.3, 0.4) is 0 Å². The van der Waals surface area contributed by atoms with Gasteiger partial charge in [0.2, 0.25) is 0 Å². The molecule has 0 spiro atoms. The van der Waals surface area contributed by atoms with Crippen molar-refractivity contribution >= 4 is 35.3 Å². The highest BCUT2D eigenvalue weighted by Crippen LogP contribution is 2.61. The molecule has 2 fully saturated rings. The molecule has 1 aromatic heterocycles. The van der Waals surface area contributed by atoms with Crippen LogP contribution >= 0.6 is 0 Å². The Bertz CT molecular complexity index is 2930. The van der Waals surface area contributed by atoms with Crippen LogP contribution in [-0.4, -0.2) is 18.8 Å². The first-order valence-electron chi connectivity index (χ1n) is 29.3. The summed E-state index contributed by atoms with van der Waals surface area (Å²) in [5.41, 5.74) is 23.9. The van der Waals surface area contributed by atoms with Gasteiger partial charge >= 0.3 is 0 Å². The zero-order valence-electron chi connectivity index (χ0n) is 48.7. The number of allylic oxidation sites excluding steroid dienone is 7. The minimum absolute atomic E-state index is 0.0318. The van der Waals surface area contributed by atoms with Gasteiger partial charge in [0.25, 0.3) is 6.71 Å². The lowest BCUT2D eigenvalue weighted by Crippen LogP contribution is -2.64. The predicted octanol–water partition coefficient (Wildman–Crippen LogP) is 16.8. The molecule has 72 heavy (non-hydrogen) atoms. The van der Waals surface area contributed by atoms with Crippen LogP contribution in [0.4, 0.5) is 11.4 Å². The van der Waals surface area contributed by atoms with Crippen molar-refractivity contribution in [1.82, 2.24) is 0 Å². The molecule has 8 aliphatic carbocycles. The van der Waals surface area contributed by atoms with Gasteiger partial charge in [-0.05, 0) is 196 Å². The number of rotatable bonds is 3. The lowest BCUT2D eigenvalue weighted by Gasteiger charge is -2.55. The molecule has 2 saturated carbocycles. The number of nitrogens with zero attached hydrogens (tertiary/aromatic N) is 2. The van der Waals surface area contributed by atoms with Crippen molar-refractivity contribution in [3.05, 3.63) is 110 Å². The highest BCUT2D eigenvalue weighted by Gasteiger charge is 2.57. The molecule has 10 aliphatic rings. The maximum absolute atomic E-state index is 7.91. The molecule has 4 heteroatoms. The predicted molar refractivity (Wildman–Crippen MR) is 308 cm³/mol. The monoisotopic (exact) mass is 965 g/mol. The largest absolute Gasteiger partial charge is 0.468 e. The van der Waals surface area contributed by atoms with Crippen LogP contribution in [0, 0.1) is 56.2 Å². The van der Waals surface area contributed by atoms with Crippen molar-refractivity contribution in [3.63, 3.8) is 0 Å². The Balaban J connectivity index is 1.17. The normalized spacial score (nSPS) is 32.2. The first-order valence-corrected chi connectivity index (χ1v) is 29.3. The summed E-state index contributed by atoms with van der Waals surface area (Å²) in [6, 6.07) is 5.92. The molecule has 0 radical (unpaired) electrons. The van der Waals surface area contributed by atoms with Gasteiger partial charge in [0.1, 0.15) is 5.76 Å². The van der Waals surface area contributed by atoms with E-state index in [-0.39, 0.29) is 62.1 Å². The first kappa shape index (κ1) is 49.2. The molecule has 12 rings (SSSR count). The van der Waals surface area contributed by atoms with E-state index in [1.54, 1.807) is 38.9 Å². The average Bonchev–Trinajstić information content (AvgIpc) is 3.67. The molecule has 5 atom stereocenters. The molecule has 3 nitrogen and oxygen atoms in total. The molecule has 0 bridgehead atoms. The van der Waals surface area contributed by atoms with Gasteiger partial charge in [-0.1, -0.05) is 172 Å². The molecule has 0 saturated heterocycles. The molecule has 5 unspecified atom stereocenters. The summed E-state index contributed by atoms with van der Waals surface area (Å²) in [5, 5.41) is 0. The summed E-state index contributed by atoms with van der Waals surface area (Å²) in [6.07, 6.45) is 29.3. The summed E-state index contributed by atoms with van der Waals surface area (Å²) in [5.74, 6) is 3.05. The van der Waals surface area contributed by atoms with Gasteiger partial charge in [0, 0.05) is 28.7 Å². The van der Waals surface area contributed by atoms with Gasteiger partial charge in [0.05, 0.1) is 17.4 Å². The number of hydrogen-bond acceptors (Lipinski definition) is 3. The summed E-state index contributed by atoms with van der Waals surface area (Å²) < 4.78 is 7.91. The molecular formula is C68H93BN2O. The van der Waals surface area contributed by atoms with Crippen molar-refractivity contribution in [2.75, 3.05) is 9.80 Å². The molecular weight excluding hydrogens is 872 g/mol. The zero-order valence-corrected chi connectivity index (χ0v) is 48.7. The van der Waals surface area contributed by atoms with E-state index in [9.17, 15) is 0 Å². The van der Waals surface area contributed by atoms with Crippen molar-refractivity contribution in [3.8, 4) is 0 Å². The summed E-state index contributed by atoms with van der Waals surface area (Å²) in [6.45, 7) is 48.1. The third-order valence-electron chi connectivity index (χ3n) is 22.9. The maximum Gasteiger partial charge on any atom is 0.292 e. The summed E-state index contributed by atoms with van der Waals surface area (Å²) in [7, 11) is 0. The zero-order chi connectivity index (χ0) is 51.6. The summed E-state index contributed by atoms with van der Waals surface area (Å²) in [4.78, 5) is 5.90. The number of fused-ring (bicyclic) bond motifs is 9. The lowest BCUT2D eigenvalue weighted by molar-refractivity contribution is 0.0320. The van der Waals surface area contributed by atoms with Crippen LogP contribution < -0.4 is 20.9 Å². The number of anilines is 2. The number of furan rings is 1. The second kappa shape index (κ2) is 15.3. The Labute approximate surface area is 438 Å². The van der Waals surface area contributed by atoms with Gasteiger partial charge < -0.3 is 14.2 Å². The van der Waals surface area contributed by atoms with Gasteiger partial charge in [-0.15, -0.1) is 0 Å². The smallest absolute Gasteiger partial charge is 0.292 e. The average molecular weight is 965 g/mol. The van der Waals surface area contributed by atoms with E-state index >= 15 is 0 Å². The van der Waals surface area contributed by atoms with E-state index in [0.717, 1.165) is 25.0 Å². The molecule has 2 aromatic rings. The fraction of sp³-hybridized carbons (Fsp3) is 0.647. The Morgan fingerprint density at radius 1 is 0.639 bits per heavy atom. The van der Waals surface area contributed by atoms with Gasteiger partial charge in [-0.25, -0.2) is 0 Å². The van der Waals surface area contributed by atoms with E-state index in [4.69, 9.17) is 4.42 Å². The molecule has 384 valence electrons. The van der Waals surface area contributed by atoms with Crippen LogP contribution in [0.25, 0.3) is 6.08 Å².